The standard InChI is InChI=1S/C22H30F3N7O4S.Ni/c1-6-10-13-32-19(15-35-34-9-4)20(26-5)27-22(32)29-28-17-12-11-16(31(7-2)8-3)14-18(17)30-37(33,36-25)21(23)24;/h11-12,14,21H,6-10,13,15H2,1-4H3;/q;+2. The fraction of sp³-hybridized carbons (Fsp3) is 0.545. The molecule has 11 nitrogen and oxygen atoms in total. The van der Waals surface area contributed by atoms with Gasteiger partial charge in [0.1, 0.15) is 18.0 Å². The third kappa shape index (κ3) is 8.47. The van der Waals surface area contributed by atoms with E-state index in [4.69, 9.17) is 16.3 Å². The van der Waals surface area contributed by atoms with Gasteiger partial charge in [-0.2, -0.15) is 13.1 Å². The number of imidazole rings is 1. The summed E-state index contributed by atoms with van der Waals surface area (Å²) in [5, 5.41) is 8.18. The van der Waals surface area contributed by atoms with Gasteiger partial charge in [-0.15, -0.1) is 5.11 Å². The molecular weight excluding hydrogens is 574 g/mol. The molecule has 1 heterocycles. The van der Waals surface area contributed by atoms with Crippen molar-refractivity contribution >= 4 is 38.8 Å². The molecule has 2 aromatic rings. The Balaban J connectivity index is 0.00000722. The van der Waals surface area contributed by atoms with Crippen LogP contribution in [0.3, 0.4) is 0 Å². The van der Waals surface area contributed by atoms with Crippen molar-refractivity contribution in [2.24, 2.45) is 14.6 Å². The second-order valence-electron chi connectivity index (χ2n) is 7.44. The molecule has 0 saturated carbocycles. The van der Waals surface area contributed by atoms with Gasteiger partial charge in [0.25, 0.3) is 15.8 Å². The van der Waals surface area contributed by atoms with Gasteiger partial charge < -0.3 is 9.74 Å². The van der Waals surface area contributed by atoms with Gasteiger partial charge in [-0.25, -0.2) is 14.0 Å². The molecule has 1 aromatic heterocycles. The molecule has 0 amide bonds. The number of rotatable bonds is 15. The van der Waals surface area contributed by atoms with Gasteiger partial charge in [-0.05, 0) is 49.9 Å². The number of anilines is 1. The summed E-state index contributed by atoms with van der Waals surface area (Å²) in [5.41, 5.74) is 0.600. The summed E-state index contributed by atoms with van der Waals surface area (Å²) < 4.78 is 59.7. The molecule has 0 saturated heterocycles. The zero-order chi connectivity index (χ0) is 27.4. The number of halogens is 3. The average molecular weight is 604 g/mol. The second kappa shape index (κ2) is 16.4. The third-order valence-electron chi connectivity index (χ3n) is 5.15. The molecule has 212 valence electrons. The van der Waals surface area contributed by atoms with Crippen LogP contribution in [0, 0.1) is 6.57 Å². The van der Waals surface area contributed by atoms with Crippen LogP contribution in [0.5, 0.6) is 0 Å². The van der Waals surface area contributed by atoms with Crippen molar-refractivity contribution in [2.75, 3.05) is 24.6 Å². The molecule has 0 aliphatic rings. The average Bonchev–Trinajstić information content (AvgIpc) is 3.23. The van der Waals surface area contributed by atoms with Gasteiger partial charge in [-0.3, -0.25) is 4.57 Å². The second-order valence-corrected chi connectivity index (χ2v) is 9.14. The monoisotopic (exact) mass is 603 g/mol. The Labute approximate surface area is 230 Å². The number of hydrogen-bond donors (Lipinski definition) is 0. The first-order valence-electron chi connectivity index (χ1n) is 11.6. The maximum Gasteiger partial charge on any atom is 2.00 e. The summed E-state index contributed by atoms with van der Waals surface area (Å²) in [4.78, 5) is 19.6. The summed E-state index contributed by atoms with van der Waals surface area (Å²) in [6.07, 6.45) is 1.58. The Morgan fingerprint density at radius 3 is 2.42 bits per heavy atom. The van der Waals surface area contributed by atoms with Crippen molar-refractivity contribution in [1.82, 2.24) is 9.55 Å². The molecule has 38 heavy (non-hydrogen) atoms. The Kier molecular flexibility index (Phi) is 14.4. The van der Waals surface area contributed by atoms with Crippen LogP contribution >= 0.6 is 0 Å². The number of azo groups is 1. The summed E-state index contributed by atoms with van der Waals surface area (Å²) >= 11 is 0. The first-order valence-corrected chi connectivity index (χ1v) is 13.1. The van der Waals surface area contributed by atoms with E-state index in [0.29, 0.717) is 37.6 Å². The predicted octanol–water partition coefficient (Wildman–Crippen LogP) is 7.10. The molecular formula is C22H30F3N7NiO4S+2. The minimum absolute atomic E-state index is 0. The zero-order valence-electron chi connectivity index (χ0n) is 21.4. The Hall–Kier alpha value is -2.57. The van der Waals surface area contributed by atoms with Gasteiger partial charge in [0, 0.05) is 25.3 Å². The largest absolute Gasteiger partial charge is 2.00 e. The summed E-state index contributed by atoms with van der Waals surface area (Å²) in [7, 11) is -4.98. The van der Waals surface area contributed by atoms with Crippen molar-refractivity contribution < 1.29 is 48.2 Å². The first-order chi connectivity index (χ1) is 17.8. The van der Waals surface area contributed by atoms with Crippen LogP contribution in [0.2, 0.25) is 0 Å². The molecule has 16 heteroatoms. The molecule has 1 aromatic carbocycles. The number of hydrogen-bond acceptors (Lipinski definition) is 9. The molecule has 0 N–H and O–H groups in total. The Morgan fingerprint density at radius 2 is 1.87 bits per heavy atom. The van der Waals surface area contributed by atoms with E-state index < -0.39 is 15.8 Å². The number of aromatic nitrogens is 2. The van der Waals surface area contributed by atoms with Gasteiger partial charge in [0.2, 0.25) is 0 Å². The molecule has 1 unspecified atom stereocenters. The minimum Gasteiger partial charge on any atom is -0.372 e. The van der Waals surface area contributed by atoms with E-state index in [0.717, 1.165) is 12.8 Å². The van der Waals surface area contributed by atoms with E-state index in [1.54, 1.807) is 17.6 Å². The zero-order valence-corrected chi connectivity index (χ0v) is 23.2. The first kappa shape index (κ1) is 33.5. The quantitative estimate of drug-likeness (QED) is 0.0536. The summed E-state index contributed by atoms with van der Waals surface area (Å²) in [5.74, 6) is -3.61. The molecule has 0 aliphatic heterocycles. The predicted molar refractivity (Wildman–Crippen MR) is 132 cm³/mol. The van der Waals surface area contributed by atoms with Crippen molar-refractivity contribution in [3.05, 3.63) is 35.3 Å². The summed E-state index contributed by atoms with van der Waals surface area (Å²) in [6, 6.07) is 4.42. The molecule has 0 bridgehead atoms. The van der Waals surface area contributed by atoms with Crippen molar-refractivity contribution in [3.63, 3.8) is 0 Å². The molecule has 0 fully saturated rings. The van der Waals surface area contributed by atoms with Gasteiger partial charge >= 0.3 is 28.2 Å². The van der Waals surface area contributed by atoms with Crippen LogP contribution in [-0.4, -0.2) is 39.2 Å². The maximum absolute atomic E-state index is 13.3. The van der Waals surface area contributed by atoms with Crippen LogP contribution in [0.15, 0.2) is 32.8 Å². The van der Waals surface area contributed by atoms with E-state index in [1.807, 2.05) is 25.7 Å². The van der Waals surface area contributed by atoms with Gasteiger partial charge in [0.05, 0.1) is 12.3 Å². The molecule has 2 rings (SSSR count). The van der Waals surface area contributed by atoms with E-state index in [-0.39, 0.29) is 46.2 Å². The molecule has 0 radical (unpaired) electrons. The number of benzene rings is 1. The maximum atomic E-state index is 13.3. The topological polar surface area (TPSA) is 107 Å². The van der Waals surface area contributed by atoms with Crippen LogP contribution in [0.1, 0.15) is 46.2 Å². The van der Waals surface area contributed by atoms with Crippen molar-refractivity contribution in [1.29, 1.82) is 0 Å². The van der Waals surface area contributed by atoms with E-state index >= 15 is 0 Å². The smallest absolute Gasteiger partial charge is 0.372 e. The third-order valence-corrected chi connectivity index (χ3v) is 6.23. The van der Waals surface area contributed by atoms with E-state index in [1.165, 1.54) is 12.1 Å². The molecule has 1 atom stereocenters. The Bertz CT molecular complexity index is 1230. The number of unbranched alkanes of at least 4 members (excludes halogenated alkanes) is 1. The van der Waals surface area contributed by atoms with E-state index in [9.17, 15) is 17.5 Å². The fourth-order valence-electron chi connectivity index (χ4n) is 3.27. The normalized spacial score (nSPS) is 12.8. The SMILES string of the molecule is [C-]#[N+]c1nc(N=Nc2ccc(N(CC)CC)cc2N=S(=O)(OF)C(F)F)n(CCCC)c1COOCC.[Ni+2]. The van der Waals surface area contributed by atoms with Crippen LogP contribution in [0.25, 0.3) is 4.85 Å². The number of nitrogens with zero attached hydrogens (tertiary/aromatic N) is 7. The minimum atomic E-state index is -4.98. The van der Waals surface area contributed by atoms with Crippen LogP contribution < -0.4 is 4.90 Å². The fourth-order valence-corrected chi connectivity index (χ4v) is 3.86. The number of alkyl halides is 2. The van der Waals surface area contributed by atoms with Gasteiger partial charge in [-0.1, -0.05) is 34.4 Å². The van der Waals surface area contributed by atoms with Crippen molar-refractivity contribution in [2.45, 2.75) is 59.4 Å². The van der Waals surface area contributed by atoms with Crippen LogP contribution in [0.4, 0.5) is 42.1 Å². The van der Waals surface area contributed by atoms with Crippen molar-refractivity contribution in [3.8, 4) is 0 Å². The van der Waals surface area contributed by atoms with Crippen LogP contribution in [-0.2, 0) is 53.8 Å². The molecule has 0 spiro atoms. The summed E-state index contributed by atoms with van der Waals surface area (Å²) in [6.45, 7) is 16.8. The van der Waals surface area contributed by atoms with E-state index in [2.05, 4.69) is 28.8 Å². The van der Waals surface area contributed by atoms with Gasteiger partial charge in [0.15, 0.2) is 0 Å². The molecule has 0 aliphatic carbocycles. The Morgan fingerprint density at radius 1 is 1.16 bits per heavy atom.